The molecule has 3 rings (SSSR count). The fourth-order valence-corrected chi connectivity index (χ4v) is 2.48. The Hall–Kier alpha value is -3.47. The van der Waals surface area contributed by atoms with E-state index in [2.05, 4.69) is 15.5 Å². The first-order valence-corrected chi connectivity index (χ1v) is 8.21. The fourth-order valence-electron chi connectivity index (χ4n) is 2.48. The fraction of sp³-hybridized carbons (Fsp3) is 0.0952. The van der Waals surface area contributed by atoms with E-state index in [-0.39, 0.29) is 12.3 Å². The number of hydrazone groups is 1. The largest absolute Gasteiger partial charge is 0.497 e. The minimum absolute atomic E-state index is 0.188. The number of ether oxygens (including phenoxy) is 1. The Kier molecular flexibility index (Phi) is 5.72. The Morgan fingerprint density at radius 1 is 1.00 bits per heavy atom. The highest BCUT2D eigenvalue weighted by Crippen LogP contribution is 2.12. The molecule has 0 saturated heterocycles. The van der Waals surface area contributed by atoms with E-state index in [0.717, 1.165) is 22.4 Å². The topological polar surface area (TPSA) is 63.6 Å². The van der Waals surface area contributed by atoms with Gasteiger partial charge in [0.05, 0.1) is 19.2 Å². The monoisotopic (exact) mass is 345 g/mol. The van der Waals surface area contributed by atoms with E-state index in [1.54, 1.807) is 19.5 Å². The molecule has 130 valence electrons. The van der Waals surface area contributed by atoms with Crippen molar-refractivity contribution in [2.24, 2.45) is 5.10 Å². The van der Waals surface area contributed by atoms with Crippen molar-refractivity contribution in [1.82, 2.24) is 10.4 Å². The lowest BCUT2D eigenvalue weighted by atomic mass is 10.0. The van der Waals surface area contributed by atoms with Crippen molar-refractivity contribution >= 4 is 11.6 Å². The van der Waals surface area contributed by atoms with Crippen LogP contribution in [0.1, 0.15) is 16.7 Å². The van der Waals surface area contributed by atoms with Gasteiger partial charge in [-0.1, -0.05) is 42.5 Å². The number of nitrogens with zero attached hydrogens (tertiary/aromatic N) is 2. The van der Waals surface area contributed by atoms with Crippen LogP contribution in [0.3, 0.4) is 0 Å². The maximum absolute atomic E-state index is 12.3. The lowest BCUT2D eigenvalue weighted by molar-refractivity contribution is -0.120. The summed E-state index contributed by atoms with van der Waals surface area (Å²) >= 11 is 0. The molecule has 1 N–H and O–H groups in total. The number of carbonyl (C=O) groups is 1. The standard InChI is InChI=1S/C21H19N3O2/c1-26-19-11-9-16(10-12-19)14-20(25)23-24-21(17-6-3-2-4-7-17)18-8-5-13-22-15-18/h2-13,15H,14H2,1H3,(H,23,25). The summed E-state index contributed by atoms with van der Waals surface area (Å²) in [5.74, 6) is 0.572. The third kappa shape index (κ3) is 4.54. The summed E-state index contributed by atoms with van der Waals surface area (Å²) in [4.78, 5) is 16.4. The summed E-state index contributed by atoms with van der Waals surface area (Å²) in [5, 5.41) is 4.35. The predicted molar refractivity (Wildman–Crippen MR) is 101 cm³/mol. The second-order valence-electron chi connectivity index (χ2n) is 5.63. The number of pyridine rings is 1. The number of methoxy groups -OCH3 is 1. The van der Waals surface area contributed by atoms with Crippen LogP contribution in [0.5, 0.6) is 5.75 Å². The van der Waals surface area contributed by atoms with Crippen LogP contribution in [-0.2, 0) is 11.2 Å². The molecular formula is C21H19N3O2. The lowest BCUT2D eigenvalue weighted by Gasteiger charge is -2.08. The number of hydrogen-bond donors (Lipinski definition) is 1. The minimum atomic E-state index is -0.188. The molecule has 1 aromatic heterocycles. The van der Waals surface area contributed by atoms with Gasteiger partial charge in [-0.2, -0.15) is 5.10 Å². The smallest absolute Gasteiger partial charge is 0.244 e. The van der Waals surface area contributed by atoms with Crippen molar-refractivity contribution in [3.05, 3.63) is 95.8 Å². The quantitative estimate of drug-likeness (QED) is 0.551. The van der Waals surface area contributed by atoms with Gasteiger partial charge in [0.15, 0.2) is 0 Å². The van der Waals surface area contributed by atoms with E-state index in [1.807, 2.05) is 66.7 Å². The molecule has 0 aliphatic rings. The van der Waals surface area contributed by atoms with Crippen LogP contribution >= 0.6 is 0 Å². The molecule has 5 heteroatoms. The van der Waals surface area contributed by atoms with E-state index in [1.165, 1.54) is 0 Å². The SMILES string of the molecule is COc1ccc(CC(=O)NN=C(c2ccccc2)c2cccnc2)cc1. The summed E-state index contributed by atoms with van der Waals surface area (Å²) in [6.45, 7) is 0. The highest BCUT2D eigenvalue weighted by atomic mass is 16.5. The number of hydrogen-bond acceptors (Lipinski definition) is 4. The molecule has 1 amide bonds. The number of rotatable bonds is 6. The van der Waals surface area contributed by atoms with Crippen LogP contribution in [0.4, 0.5) is 0 Å². The van der Waals surface area contributed by atoms with Gasteiger partial charge < -0.3 is 4.74 Å². The molecular weight excluding hydrogens is 326 g/mol. The van der Waals surface area contributed by atoms with Crippen molar-refractivity contribution in [2.45, 2.75) is 6.42 Å². The van der Waals surface area contributed by atoms with Gasteiger partial charge in [-0.15, -0.1) is 0 Å². The average Bonchev–Trinajstić information content (AvgIpc) is 2.70. The Balaban J connectivity index is 1.76. The second kappa shape index (κ2) is 8.58. The van der Waals surface area contributed by atoms with E-state index in [4.69, 9.17) is 4.74 Å². The molecule has 0 aliphatic heterocycles. The van der Waals surface area contributed by atoms with Gasteiger partial charge in [0, 0.05) is 23.5 Å². The molecule has 1 heterocycles. The number of amides is 1. The van der Waals surface area contributed by atoms with Gasteiger partial charge in [0.1, 0.15) is 5.75 Å². The first-order valence-electron chi connectivity index (χ1n) is 8.21. The molecule has 2 aromatic carbocycles. The van der Waals surface area contributed by atoms with Crippen LogP contribution in [0.2, 0.25) is 0 Å². The van der Waals surface area contributed by atoms with Gasteiger partial charge >= 0.3 is 0 Å². The van der Waals surface area contributed by atoms with Gasteiger partial charge in [-0.05, 0) is 29.8 Å². The Bertz CT molecular complexity index is 835. The zero-order chi connectivity index (χ0) is 18.2. The Morgan fingerprint density at radius 2 is 1.73 bits per heavy atom. The van der Waals surface area contributed by atoms with Gasteiger partial charge in [-0.25, -0.2) is 5.43 Å². The lowest BCUT2D eigenvalue weighted by Crippen LogP contribution is -2.22. The average molecular weight is 345 g/mol. The molecule has 0 radical (unpaired) electrons. The van der Waals surface area contributed by atoms with Gasteiger partial charge in [0.2, 0.25) is 5.91 Å². The molecule has 5 nitrogen and oxygen atoms in total. The Morgan fingerprint density at radius 3 is 2.38 bits per heavy atom. The van der Waals surface area contributed by atoms with Crippen molar-refractivity contribution in [2.75, 3.05) is 7.11 Å². The van der Waals surface area contributed by atoms with Crippen molar-refractivity contribution in [3.63, 3.8) is 0 Å². The first kappa shape index (κ1) is 17.4. The highest BCUT2D eigenvalue weighted by molar-refractivity contribution is 6.12. The molecule has 0 unspecified atom stereocenters. The van der Waals surface area contributed by atoms with E-state index >= 15 is 0 Å². The van der Waals surface area contributed by atoms with E-state index in [0.29, 0.717) is 5.71 Å². The molecule has 0 saturated carbocycles. The third-order valence-electron chi connectivity index (χ3n) is 3.80. The minimum Gasteiger partial charge on any atom is -0.497 e. The third-order valence-corrected chi connectivity index (χ3v) is 3.80. The van der Waals surface area contributed by atoms with Crippen molar-refractivity contribution in [3.8, 4) is 5.75 Å². The molecule has 3 aromatic rings. The van der Waals surface area contributed by atoms with Crippen LogP contribution < -0.4 is 10.2 Å². The van der Waals surface area contributed by atoms with E-state index < -0.39 is 0 Å². The molecule has 0 bridgehead atoms. The number of benzene rings is 2. The molecule has 26 heavy (non-hydrogen) atoms. The first-order chi connectivity index (χ1) is 12.8. The maximum Gasteiger partial charge on any atom is 0.244 e. The van der Waals surface area contributed by atoms with Crippen LogP contribution in [0.25, 0.3) is 0 Å². The van der Waals surface area contributed by atoms with E-state index in [9.17, 15) is 4.79 Å². The second-order valence-corrected chi connectivity index (χ2v) is 5.63. The summed E-state index contributed by atoms with van der Waals surface area (Å²) in [6, 6.07) is 20.8. The predicted octanol–water partition coefficient (Wildman–Crippen LogP) is 3.20. The van der Waals surface area contributed by atoms with Gasteiger partial charge in [-0.3, -0.25) is 9.78 Å². The summed E-state index contributed by atoms with van der Waals surface area (Å²) in [7, 11) is 1.61. The normalized spacial score (nSPS) is 11.0. The molecule has 0 spiro atoms. The zero-order valence-electron chi connectivity index (χ0n) is 14.4. The van der Waals surface area contributed by atoms with Crippen LogP contribution in [-0.4, -0.2) is 23.7 Å². The molecule has 0 atom stereocenters. The zero-order valence-corrected chi connectivity index (χ0v) is 14.4. The molecule has 0 fully saturated rings. The van der Waals surface area contributed by atoms with Crippen LogP contribution in [0.15, 0.2) is 84.2 Å². The number of aromatic nitrogens is 1. The summed E-state index contributed by atoms with van der Waals surface area (Å²) in [5.41, 5.74) is 5.95. The maximum atomic E-state index is 12.3. The molecule has 0 aliphatic carbocycles. The van der Waals surface area contributed by atoms with Crippen molar-refractivity contribution < 1.29 is 9.53 Å². The van der Waals surface area contributed by atoms with Crippen molar-refractivity contribution in [1.29, 1.82) is 0 Å². The number of nitrogens with one attached hydrogen (secondary N) is 1. The number of carbonyl (C=O) groups excluding carboxylic acids is 1. The summed E-state index contributed by atoms with van der Waals surface area (Å²) in [6.07, 6.45) is 3.67. The Labute approximate surface area is 152 Å². The highest BCUT2D eigenvalue weighted by Gasteiger charge is 2.09. The summed E-state index contributed by atoms with van der Waals surface area (Å²) < 4.78 is 5.12. The van der Waals surface area contributed by atoms with Gasteiger partial charge in [0.25, 0.3) is 0 Å². The van der Waals surface area contributed by atoms with Crippen LogP contribution in [0, 0.1) is 0 Å².